The smallest absolute Gasteiger partial charge is 0.250 e. The maximum Gasteiger partial charge on any atom is 0.250 e. The highest BCUT2D eigenvalue weighted by Crippen LogP contribution is 2.21. The Kier molecular flexibility index (Phi) is 5.65. The predicted octanol–water partition coefficient (Wildman–Crippen LogP) is 3.19. The van der Waals surface area contributed by atoms with E-state index in [1.807, 2.05) is 0 Å². The highest BCUT2D eigenvalue weighted by Gasteiger charge is 2.14. The fourth-order valence-electron chi connectivity index (χ4n) is 2.26. The minimum Gasteiger partial charge on any atom is -0.421 e. The Balaban J connectivity index is 1.56. The molecule has 9 heteroatoms. The van der Waals surface area contributed by atoms with E-state index in [2.05, 4.69) is 14.9 Å². The molecule has 136 valence electrons. The van der Waals surface area contributed by atoms with E-state index >= 15 is 0 Å². The van der Waals surface area contributed by atoms with Crippen molar-refractivity contribution in [3.8, 4) is 11.5 Å². The third-order valence-electron chi connectivity index (χ3n) is 3.50. The Morgan fingerprint density at radius 2 is 1.81 bits per heavy atom. The van der Waals surface area contributed by atoms with E-state index in [9.17, 15) is 12.8 Å². The molecule has 0 unspecified atom stereocenters. The summed E-state index contributed by atoms with van der Waals surface area (Å²) in [6.07, 6.45) is 0.196. The maximum atomic E-state index is 13.7. The normalized spacial score (nSPS) is 11.6. The Bertz CT molecular complexity index is 990. The zero-order chi connectivity index (χ0) is 18.6. The number of rotatable bonds is 7. The summed E-state index contributed by atoms with van der Waals surface area (Å²) in [5.74, 6) is -0.347. The first kappa shape index (κ1) is 18.5. The van der Waals surface area contributed by atoms with Crippen molar-refractivity contribution in [2.75, 3.05) is 6.54 Å². The first-order chi connectivity index (χ1) is 12.4. The summed E-state index contributed by atoms with van der Waals surface area (Å²) in [5, 5.41) is 8.15. The van der Waals surface area contributed by atoms with Crippen LogP contribution in [0.15, 0.2) is 52.9 Å². The zero-order valence-corrected chi connectivity index (χ0v) is 15.1. The fraction of sp³-hybridized carbons (Fsp3) is 0.176. The lowest BCUT2D eigenvalue weighted by molar-refractivity contribution is 0.498. The number of hydrogen-bond donors (Lipinski definition) is 1. The molecular formula is C17H15ClFN3O3S. The number of benzene rings is 2. The minimum atomic E-state index is -3.51. The molecule has 0 fully saturated rings. The monoisotopic (exact) mass is 395 g/mol. The van der Waals surface area contributed by atoms with Gasteiger partial charge in [-0.2, -0.15) is 0 Å². The van der Waals surface area contributed by atoms with Crippen LogP contribution in [0.3, 0.4) is 0 Å². The summed E-state index contributed by atoms with van der Waals surface area (Å²) in [4.78, 5) is 0. The van der Waals surface area contributed by atoms with Gasteiger partial charge in [0.05, 0.1) is 11.3 Å². The number of sulfonamides is 1. The summed E-state index contributed by atoms with van der Waals surface area (Å²) < 4.78 is 45.7. The molecule has 0 amide bonds. The van der Waals surface area contributed by atoms with Crippen molar-refractivity contribution in [1.82, 2.24) is 14.9 Å². The van der Waals surface area contributed by atoms with Crippen LogP contribution in [0.4, 0.5) is 4.39 Å². The minimum absolute atomic E-state index is 0.0575. The van der Waals surface area contributed by atoms with Gasteiger partial charge in [-0.05, 0) is 29.8 Å². The van der Waals surface area contributed by atoms with Crippen molar-refractivity contribution in [3.05, 3.63) is 70.8 Å². The van der Waals surface area contributed by atoms with Crippen molar-refractivity contribution < 1.29 is 17.2 Å². The van der Waals surface area contributed by atoms with Crippen LogP contribution in [-0.4, -0.2) is 25.2 Å². The first-order valence-electron chi connectivity index (χ1n) is 7.72. The quantitative estimate of drug-likeness (QED) is 0.664. The first-order valence-corrected chi connectivity index (χ1v) is 9.75. The molecule has 1 heterocycles. The second-order valence-corrected chi connectivity index (χ2v) is 7.75. The fourth-order valence-corrected chi connectivity index (χ4v) is 3.54. The zero-order valence-electron chi connectivity index (χ0n) is 13.5. The highest BCUT2D eigenvalue weighted by molar-refractivity contribution is 7.88. The molecule has 1 N–H and O–H groups in total. The van der Waals surface area contributed by atoms with Gasteiger partial charge in [-0.1, -0.05) is 35.9 Å². The van der Waals surface area contributed by atoms with Gasteiger partial charge in [-0.25, -0.2) is 17.5 Å². The van der Waals surface area contributed by atoms with E-state index in [0.717, 1.165) is 0 Å². The lowest BCUT2D eigenvalue weighted by Crippen LogP contribution is -2.27. The average Bonchev–Trinajstić information content (AvgIpc) is 3.05. The highest BCUT2D eigenvalue weighted by atomic mass is 35.5. The van der Waals surface area contributed by atoms with Gasteiger partial charge in [0.2, 0.25) is 15.9 Å². The van der Waals surface area contributed by atoms with Gasteiger partial charge in [0.15, 0.2) is 0 Å². The third-order valence-corrected chi connectivity index (χ3v) is 5.11. The van der Waals surface area contributed by atoms with Gasteiger partial charge < -0.3 is 4.42 Å². The molecule has 0 bridgehead atoms. The van der Waals surface area contributed by atoms with E-state index in [1.54, 1.807) is 36.4 Å². The summed E-state index contributed by atoms with van der Waals surface area (Å²) in [6.45, 7) is 0.0921. The van der Waals surface area contributed by atoms with Crippen molar-refractivity contribution in [3.63, 3.8) is 0 Å². The molecule has 3 rings (SSSR count). The van der Waals surface area contributed by atoms with E-state index < -0.39 is 15.8 Å². The number of aromatic nitrogens is 2. The molecule has 3 aromatic rings. The molecule has 0 spiro atoms. The summed E-state index contributed by atoms with van der Waals surface area (Å²) in [6, 6.07) is 12.6. The molecule has 0 saturated carbocycles. The lowest BCUT2D eigenvalue weighted by atomic mass is 10.2. The van der Waals surface area contributed by atoms with Crippen molar-refractivity contribution in [1.29, 1.82) is 0 Å². The third kappa shape index (κ3) is 4.87. The summed E-state index contributed by atoms with van der Waals surface area (Å²) in [7, 11) is -3.51. The van der Waals surface area contributed by atoms with Gasteiger partial charge in [0.25, 0.3) is 5.89 Å². The molecule has 0 radical (unpaired) electrons. The molecule has 0 aliphatic rings. The molecular weight excluding hydrogens is 381 g/mol. The number of hydrogen-bond acceptors (Lipinski definition) is 5. The molecule has 26 heavy (non-hydrogen) atoms. The van der Waals surface area contributed by atoms with E-state index in [1.165, 1.54) is 12.1 Å². The molecule has 1 aromatic heterocycles. The standard InChI is InChI=1S/C17H15ClFN3O3S/c18-13-7-5-12(6-8-13)11-26(23,24)20-10-9-16-21-22-17(25-16)14-3-1-2-4-15(14)19/h1-8,20H,9-11H2. The second kappa shape index (κ2) is 7.94. The van der Waals surface area contributed by atoms with Crippen molar-refractivity contribution in [2.24, 2.45) is 0 Å². The maximum absolute atomic E-state index is 13.7. The van der Waals surface area contributed by atoms with Crippen LogP contribution in [0.1, 0.15) is 11.5 Å². The van der Waals surface area contributed by atoms with E-state index in [4.69, 9.17) is 16.0 Å². The van der Waals surface area contributed by atoms with Gasteiger partial charge in [0, 0.05) is 18.0 Å². The lowest BCUT2D eigenvalue weighted by Gasteiger charge is -2.05. The van der Waals surface area contributed by atoms with Crippen LogP contribution in [0.5, 0.6) is 0 Å². The number of halogens is 2. The van der Waals surface area contributed by atoms with Crippen LogP contribution in [0, 0.1) is 5.82 Å². The van der Waals surface area contributed by atoms with Crippen LogP contribution in [0.2, 0.25) is 5.02 Å². The Morgan fingerprint density at radius 3 is 2.54 bits per heavy atom. The van der Waals surface area contributed by atoms with Gasteiger partial charge in [-0.3, -0.25) is 0 Å². The second-order valence-electron chi connectivity index (χ2n) is 5.51. The van der Waals surface area contributed by atoms with E-state index in [0.29, 0.717) is 10.6 Å². The Hall–Kier alpha value is -2.29. The van der Waals surface area contributed by atoms with Crippen LogP contribution >= 0.6 is 11.6 Å². The molecule has 2 aromatic carbocycles. The van der Waals surface area contributed by atoms with Gasteiger partial charge in [0.1, 0.15) is 5.82 Å². The van der Waals surface area contributed by atoms with Crippen molar-refractivity contribution in [2.45, 2.75) is 12.2 Å². The Morgan fingerprint density at radius 1 is 1.08 bits per heavy atom. The molecule has 0 aliphatic carbocycles. The number of nitrogens with one attached hydrogen (secondary N) is 1. The van der Waals surface area contributed by atoms with E-state index in [-0.39, 0.29) is 36.1 Å². The molecule has 0 aliphatic heterocycles. The van der Waals surface area contributed by atoms with Gasteiger partial charge in [-0.15, -0.1) is 10.2 Å². The largest absolute Gasteiger partial charge is 0.421 e. The van der Waals surface area contributed by atoms with Crippen LogP contribution in [0.25, 0.3) is 11.5 Å². The van der Waals surface area contributed by atoms with Gasteiger partial charge >= 0.3 is 0 Å². The van der Waals surface area contributed by atoms with Crippen molar-refractivity contribution >= 4 is 21.6 Å². The average molecular weight is 396 g/mol. The topological polar surface area (TPSA) is 85.1 Å². The summed E-state index contributed by atoms with van der Waals surface area (Å²) in [5.41, 5.74) is 0.830. The van der Waals surface area contributed by atoms with Crippen LogP contribution in [-0.2, 0) is 22.2 Å². The SMILES string of the molecule is O=S(=O)(Cc1ccc(Cl)cc1)NCCc1nnc(-c2ccccc2F)o1. The summed E-state index contributed by atoms with van der Waals surface area (Å²) >= 11 is 5.78. The Labute approximate surface area is 155 Å². The predicted molar refractivity (Wildman–Crippen MR) is 95.5 cm³/mol. The molecule has 6 nitrogen and oxygen atoms in total. The molecule has 0 saturated heterocycles. The van der Waals surface area contributed by atoms with Crippen LogP contribution < -0.4 is 4.72 Å². The number of nitrogens with zero attached hydrogens (tertiary/aromatic N) is 2. The molecule has 0 atom stereocenters.